The van der Waals surface area contributed by atoms with Crippen LogP contribution in [0.4, 0.5) is 0 Å². The first-order valence-electron chi connectivity index (χ1n) is 10.1. The van der Waals surface area contributed by atoms with Crippen LogP contribution in [0.5, 0.6) is 0 Å². The van der Waals surface area contributed by atoms with E-state index in [2.05, 4.69) is 50.3 Å². The van der Waals surface area contributed by atoms with E-state index in [1.54, 1.807) is 0 Å². The molecule has 26 heavy (non-hydrogen) atoms. The molecule has 0 saturated heterocycles. The van der Waals surface area contributed by atoms with E-state index in [0.29, 0.717) is 18.3 Å². The van der Waals surface area contributed by atoms with Gasteiger partial charge in [-0.3, -0.25) is 0 Å². The number of nitrogens with two attached hydrogens (primary N) is 2. The van der Waals surface area contributed by atoms with Crippen LogP contribution >= 0.6 is 0 Å². The predicted molar refractivity (Wildman–Crippen MR) is 112 cm³/mol. The SMILES string of the molecule is CCCCCC1=CC2(C)C(=CC=CC2CC2=CCCC=C2CN)N=C1N. The van der Waals surface area contributed by atoms with Crippen molar-refractivity contribution in [3.63, 3.8) is 0 Å². The monoisotopic (exact) mass is 351 g/mol. The van der Waals surface area contributed by atoms with E-state index >= 15 is 0 Å². The Morgan fingerprint density at radius 3 is 2.65 bits per heavy atom. The minimum absolute atomic E-state index is 0.0861. The Balaban J connectivity index is 1.84. The molecule has 0 fully saturated rings. The van der Waals surface area contributed by atoms with E-state index in [9.17, 15) is 0 Å². The summed E-state index contributed by atoms with van der Waals surface area (Å²) in [5.41, 5.74) is 17.2. The van der Waals surface area contributed by atoms with Gasteiger partial charge < -0.3 is 11.5 Å². The first-order valence-corrected chi connectivity index (χ1v) is 10.1. The zero-order valence-electron chi connectivity index (χ0n) is 16.3. The Morgan fingerprint density at radius 2 is 1.92 bits per heavy atom. The maximum atomic E-state index is 6.28. The maximum Gasteiger partial charge on any atom is 0.126 e. The summed E-state index contributed by atoms with van der Waals surface area (Å²) >= 11 is 0. The number of aliphatic imine (C=N–C) groups is 1. The molecule has 0 radical (unpaired) electrons. The van der Waals surface area contributed by atoms with Crippen LogP contribution in [0.25, 0.3) is 0 Å². The van der Waals surface area contributed by atoms with Crippen molar-refractivity contribution in [2.45, 2.75) is 58.8 Å². The van der Waals surface area contributed by atoms with Crippen LogP contribution in [0.2, 0.25) is 0 Å². The summed E-state index contributed by atoms with van der Waals surface area (Å²) < 4.78 is 0. The molecule has 4 N–H and O–H groups in total. The van der Waals surface area contributed by atoms with E-state index in [4.69, 9.17) is 16.5 Å². The molecule has 2 aliphatic carbocycles. The van der Waals surface area contributed by atoms with Gasteiger partial charge in [-0.25, -0.2) is 4.99 Å². The summed E-state index contributed by atoms with van der Waals surface area (Å²) in [6, 6.07) is 0. The minimum Gasteiger partial charge on any atom is -0.383 e. The molecule has 1 heterocycles. The molecule has 3 rings (SSSR count). The zero-order chi connectivity index (χ0) is 18.6. The molecule has 0 amide bonds. The molecule has 3 aliphatic rings. The Bertz CT molecular complexity index is 718. The fourth-order valence-electron chi connectivity index (χ4n) is 4.32. The van der Waals surface area contributed by atoms with Crippen molar-refractivity contribution in [2.75, 3.05) is 6.54 Å². The lowest BCUT2D eigenvalue weighted by atomic mass is 9.66. The molecule has 140 valence electrons. The summed E-state index contributed by atoms with van der Waals surface area (Å²) in [5.74, 6) is 1.10. The summed E-state index contributed by atoms with van der Waals surface area (Å²) in [7, 11) is 0. The second kappa shape index (κ2) is 8.22. The van der Waals surface area contributed by atoms with Crippen molar-refractivity contribution in [1.82, 2.24) is 0 Å². The standard InChI is InChI=1S/C23H33N3/c1-3-4-5-10-18-15-23(2)20(12-8-13-21(23)26-22(18)25)14-17-9-6-7-11-19(17)16-24/h8-9,11-13,15,20H,3-7,10,14,16,24H2,1-2H3,(H2,25,26). The van der Waals surface area contributed by atoms with E-state index < -0.39 is 0 Å². The third-order valence-corrected chi connectivity index (χ3v) is 6.03. The van der Waals surface area contributed by atoms with Gasteiger partial charge in [0, 0.05) is 12.0 Å². The van der Waals surface area contributed by atoms with E-state index in [-0.39, 0.29) is 5.41 Å². The largest absolute Gasteiger partial charge is 0.383 e. The molecule has 2 unspecified atom stereocenters. The Labute approximate surface area is 158 Å². The Kier molecular flexibility index (Phi) is 5.98. The van der Waals surface area contributed by atoms with E-state index in [1.807, 2.05) is 0 Å². The van der Waals surface area contributed by atoms with Gasteiger partial charge in [0.25, 0.3) is 0 Å². The van der Waals surface area contributed by atoms with Crippen molar-refractivity contribution in [3.8, 4) is 0 Å². The summed E-state index contributed by atoms with van der Waals surface area (Å²) in [4.78, 5) is 4.80. The molecule has 0 bridgehead atoms. The van der Waals surface area contributed by atoms with Gasteiger partial charge in [0.05, 0.1) is 5.70 Å². The van der Waals surface area contributed by atoms with Gasteiger partial charge in [-0.1, -0.05) is 50.1 Å². The van der Waals surface area contributed by atoms with Crippen LogP contribution in [0, 0.1) is 11.3 Å². The number of nitrogens with zero attached hydrogens (tertiary/aromatic N) is 1. The molecule has 0 aromatic heterocycles. The van der Waals surface area contributed by atoms with Gasteiger partial charge in [-0.15, -0.1) is 0 Å². The minimum atomic E-state index is -0.0861. The van der Waals surface area contributed by atoms with Gasteiger partial charge in [0.15, 0.2) is 0 Å². The number of unbranched alkanes of at least 4 members (excludes halogenated alkanes) is 2. The van der Waals surface area contributed by atoms with Crippen LogP contribution in [-0.2, 0) is 0 Å². The second-order valence-electron chi connectivity index (χ2n) is 7.89. The average molecular weight is 352 g/mol. The van der Waals surface area contributed by atoms with Gasteiger partial charge >= 0.3 is 0 Å². The highest BCUT2D eigenvalue weighted by atomic mass is 14.9. The highest BCUT2D eigenvalue weighted by Gasteiger charge is 2.39. The lowest BCUT2D eigenvalue weighted by Crippen LogP contribution is -2.34. The van der Waals surface area contributed by atoms with Crippen LogP contribution in [0.3, 0.4) is 0 Å². The van der Waals surface area contributed by atoms with Gasteiger partial charge in [-0.05, 0) is 67.7 Å². The fourth-order valence-corrected chi connectivity index (χ4v) is 4.32. The molecule has 1 aliphatic heterocycles. The zero-order valence-corrected chi connectivity index (χ0v) is 16.3. The quantitative estimate of drug-likeness (QED) is 0.638. The lowest BCUT2D eigenvalue weighted by Gasteiger charge is -2.40. The number of rotatable bonds is 7. The van der Waals surface area contributed by atoms with Crippen molar-refractivity contribution < 1.29 is 0 Å². The number of fused-ring (bicyclic) bond motifs is 1. The summed E-state index contributed by atoms with van der Waals surface area (Å²) in [6.07, 6.45) is 21.6. The van der Waals surface area contributed by atoms with Crippen LogP contribution in [-0.4, -0.2) is 12.4 Å². The summed E-state index contributed by atoms with van der Waals surface area (Å²) in [6.45, 7) is 5.18. The fraction of sp³-hybridized carbons (Fsp3) is 0.522. The van der Waals surface area contributed by atoms with Crippen LogP contribution < -0.4 is 11.5 Å². The highest BCUT2D eigenvalue weighted by Crippen LogP contribution is 2.48. The van der Waals surface area contributed by atoms with Gasteiger partial charge in [0.2, 0.25) is 0 Å². The highest BCUT2D eigenvalue weighted by molar-refractivity contribution is 5.99. The molecule has 0 spiro atoms. The third kappa shape index (κ3) is 3.78. The van der Waals surface area contributed by atoms with Crippen molar-refractivity contribution in [1.29, 1.82) is 0 Å². The van der Waals surface area contributed by atoms with Crippen molar-refractivity contribution in [3.05, 3.63) is 58.9 Å². The first kappa shape index (κ1) is 18.9. The number of hydrogen-bond acceptors (Lipinski definition) is 3. The van der Waals surface area contributed by atoms with Gasteiger partial charge in [-0.2, -0.15) is 0 Å². The summed E-state index contributed by atoms with van der Waals surface area (Å²) in [5, 5.41) is 0. The molecule has 0 aromatic carbocycles. The van der Waals surface area contributed by atoms with Crippen molar-refractivity contribution >= 4 is 5.84 Å². The molecule has 3 nitrogen and oxygen atoms in total. The lowest BCUT2D eigenvalue weighted by molar-refractivity contribution is 0.353. The number of hydrogen-bond donors (Lipinski definition) is 2. The molecule has 3 heteroatoms. The number of dihydropyridines is 1. The van der Waals surface area contributed by atoms with Crippen LogP contribution in [0.1, 0.15) is 58.8 Å². The van der Waals surface area contributed by atoms with Crippen molar-refractivity contribution in [2.24, 2.45) is 27.8 Å². The average Bonchev–Trinajstić information content (AvgIpc) is 2.64. The van der Waals surface area contributed by atoms with Gasteiger partial charge in [0.1, 0.15) is 5.84 Å². The Hall–Kier alpha value is -1.87. The first-order chi connectivity index (χ1) is 12.6. The Morgan fingerprint density at radius 1 is 1.15 bits per heavy atom. The second-order valence-corrected chi connectivity index (χ2v) is 7.89. The normalized spacial score (nSPS) is 27.8. The van der Waals surface area contributed by atoms with E-state index in [0.717, 1.165) is 31.4 Å². The topological polar surface area (TPSA) is 64.4 Å². The molecule has 0 aromatic rings. The van der Waals surface area contributed by atoms with Crippen LogP contribution in [0.15, 0.2) is 63.9 Å². The number of amidine groups is 1. The molecular formula is C23H33N3. The van der Waals surface area contributed by atoms with E-state index in [1.165, 1.54) is 36.0 Å². The maximum absolute atomic E-state index is 6.28. The molecule has 0 saturated carbocycles. The molecular weight excluding hydrogens is 318 g/mol. The smallest absolute Gasteiger partial charge is 0.126 e. The predicted octanol–water partition coefficient (Wildman–Crippen LogP) is 4.94. The number of allylic oxidation sites excluding steroid dienone is 6. The third-order valence-electron chi connectivity index (χ3n) is 6.03. The molecule has 2 atom stereocenters.